The van der Waals surface area contributed by atoms with Crippen molar-refractivity contribution in [3.63, 3.8) is 0 Å². The quantitative estimate of drug-likeness (QED) is 0.191. The lowest BCUT2D eigenvalue weighted by Crippen LogP contribution is -2.29. The highest BCUT2D eigenvalue weighted by Gasteiger charge is 2.48. The predicted molar refractivity (Wildman–Crippen MR) is 140 cm³/mol. The number of thiazole rings is 1. The van der Waals surface area contributed by atoms with Gasteiger partial charge in [-0.15, -0.1) is 0 Å². The first-order chi connectivity index (χ1) is 17.4. The molecule has 5 rings (SSSR count). The zero-order chi connectivity index (χ0) is 25.4. The highest BCUT2D eigenvalue weighted by molar-refractivity contribution is 7.22. The van der Waals surface area contributed by atoms with Crippen molar-refractivity contribution in [2.45, 2.75) is 13.0 Å². The molecule has 0 radical (unpaired) electrons. The summed E-state index contributed by atoms with van der Waals surface area (Å²) in [4.78, 5) is 32.7. The molecule has 1 aliphatic heterocycles. The number of aromatic nitrogens is 1. The number of aliphatic hydroxyl groups is 1. The second-order valence-corrected chi connectivity index (χ2v) is 9.46. The average molecular weight is 521 g/mol. The van der Waals surface area contributed by atoms with Gasteiger partial charge in [0.2, 0.25) is 0 Å². The number of amides is 1. The Hall–Kier alpha value is -3.88. The molecule has 1 unspecified atom stereocenters. The molecule has 182 valence electrons. The summed E-state index contributed by atoms with van der Waals surface area (Å²) in [5, 5.41) is 12.2. The molecule has 1 atom stereocenters. The lowest BCUT2D eigenvalue weighted by Gasteiger charge is -2.23. The third kappa shape index (κ3) is 4.19. The highest BCUT2D eigenvalue weighted by atomic mass is 35.5. The Kier molecular flexibility index (Phi) is 6.38. The number of ether oxygens (including phenoxy) is 2. The van der Waals surface area contributed by atoms with E-state index in [0.29, 0.717) is 44.9 Å². The summed E-state index contributed by atoms with van der Waals surface area (Å²) >= 11 is 7.37. The third-order valence-corrected chi connectivity index (χ3v) is 7.11. The van der Waals surface area contributed by atoms with E-state index >= 15 is 0 Å². The summed E-state index contributed by atoms with van der Waals surface area (Å²) in [6.45, 7) is 2.30. The van der Waals surface area contributed by atoms with Gasteiger partial charge in [0.1, 0.15) is 17.3 Å². The number of anilines is 1. The number of methoxy groups -OCH3 is 1. The minimum atomic E-state index is -0.902. The van der Waals surface area contributed by atoms with Gasteiger partial charge in [0.25, 0.3) is 5.78 Å². The maximum Gasteiger partial charge on any atom is 0.301 e. The van der Waals surface area contributed by atoms with E-state index in [1.54, 1.807) is 67.8 Å². The zero-order valence-electron chi connectivity index (χ0n) is 19.4. The van der Waals surface area contributed by atoms with Gasteiger partial charge in [-0.25, -0.2) is 4.98 Å². The van der Waals surface area contributed by atoms with Crippen molar-refractivity contribution >= 4 is 55.7 Å². The zero-order valence-corrected chi connectivity index (χ0v) is 21.0. The van der Waals surface area contributed by atoms with Crippen LogP contribution in [-0.4, -0.2) is 35.5 Å². The third-order valence-electron chi connectivity index (χ3n) is 5.84. The molecule has 7 nitrogen and oxygen atoms in total. The molecule has 36 heavy (non-hydrogen) atoms. The second kappa shape index (κ2) is 9.64. The Labute approximate surface area is 216 Å². The molecule has 9 heteroatoms. The van der Waals surface area contributed by atoms with Gasteiger partial charge in [-0.05, 0) is 55.0 Å². The van der Waals surface area contributed by atoms with Crippen LogP contribution in [0.5, 0.6) is 11.5 Å². The molecule has 1 amide bonds. The lowest BCUT2D eigenvalue weighted by atomic mass is 9.95. The highest BCUT2D eigenvalue weighted by Crippen LogP contribution is 2.45. The normalized spacial score (nSPS) is 17.1. The number of carbonyl (C=O) groups is 2. The molecular weight excluding hydrogens is 500 g/mol. The molecule has 0 aliphatic carbocycles. The van der Waals surface area contributed by atoms with Crippen molar-refractivity contribution in [3.05, 3.63) is 88.5 Å². The van der Waals surface area contributed by atoms with E-state index in [-0.39, 0.29) is 11.3 Å². The van der Waals surface area contributed by atoms with E-state index in [1.165, 1.54) is 16.2 Å². The van der Waals surface area contributed by atoms with Crippen LogP contribution in [0.4, 0.5) is 5.13 Å². The van der Waals surface area contributed by atoms with E-state index in [9.17, 15) is 14.7 Å². The number of fused-ring (bicyclic) bond motifs is 1. The molecule has 0 bridgehead atoms. The van der Waals surface area contributed by atoms with Crippen LogP contribution in [-0.2, 0) is 9.59 Å². The van der Waals surface area contributed by atoms with Crippen molar-refractivity contribution in [2.24, 2.45) is 0 Å². The molecular formula is C27H21ClN2O5S. The second-order valence-electron chi connectivity index (χ2n) is 8.01. The van der Waals surface area contributed by atoms with Crippen LogP contribution in [0.15, 0.2) is 72.3 Å². The molecule has 4 aromatic rings. The summed E-state index contributed by atoms with van der Waals surface area (Å²) in [5.74, 6) is -0.670. The standard InChI is InChI=1S/C27H21ClN2O5S/c1-3-35-19-6-4-5-16(13-19)24(31)22-23(15-7-9-17(28)10-8-15)30(26(33)25(22)32)27-29-20-12-11-18(34-2)14-21(20)36-27/h4-14,23,31H,3H2,1-2H3/b24-22+. The number of carbonyl (C=O) groups excluding carboxylic acids is 2. The van der Waals surface area contributed by atoms with Crippen molar-refractivity contribution in [2.75, 3.05) is 18.6 Å². The summed E-state index contributed by atoms with van der Waals surface area (Å²) in [6.07, 6.45) is 0. The number of nitrogens with zero attached hydrogens (tertiary/aromatic N) is 2. The Balaban J connectivity index is 1.69. The number of hydrogen-bond acceptors (Lipinski definition) is 7. The van der Waals surface area contributed by atoms with E-state index in [1.807, 2.05) is 13.0 Å². The lowest BCUT2D eigenvalue weighted by molar-refractivity contribution is -0.132. The number of Topliss-reactive ketones (excluding diaryl/α,β-unsaturated/α-hetero) is 1. The molecule has 3 aromatic carbocycles. The van der Waals surface area contributed by atoms with Gasteiger partial charge in [-0.2, -0.15) is 0 Å². The molecule has 2 heterocycles. The summed E-state index contributed by atoms with van der Waals surface area (Å²) in [7, 11) is 1.57. The van der Waals surface area contributed by atoms with Crippen LogP contribution in [0.3, 0.4) is 0 Å². The first kappa shape index (κ1) is 23.8. The Morgan fingerprint density at radius 3 is 2.58 bits per heavy atom. The number of ketones is 1. The SMILES string of the molecule is CCOc1cccc(/C(O)=C2\C(=O)C(=O)N(c3nc4ccc(OC)cc4s3)C2c2ccc(Cl)cc2)c1. The molecule has 1 aliphatic rings. The van der Waals surface area contributed by atoms with Crippen molar-refractivity contribution in [1.82, 2.24) is 4.98 Å². The molecule has 1 N–H and O–H groups in total. The fourth-order valence-electron chi connectivity index (χ4n) is 4.17. The summed E-state index contributed by atoms with van der Waals surface area (Å²) < 4.78 is 11.6. The van der Waals surface area contributed by atoms with Crippen LogP contribution in [0, 0.1) is 0 Å². The van der Waals surface area contributed by atoms with E-state index in [2.05, 4.69) is 4.98 Å². The maximum absolute atomic E-state index is 13.4. The molecule has 1 saturated heterocycles. The summed E-state index contributed by atoms with van der Waals surface area (Å²) in [6, 6.07) is 18.1. The van der Waals surface area contributed by atoms with Crippen LogP contribution in [0.1, 0.15) is 24.1 Å². The number of aliphatic hydroxyl groups excluding tert-OH is 1. The van der Waals surface area contributed by atoms with Gasteiger partial charge >= 0.3 is 5.91 Å². The van der Waals surface area contributed by atoms with Gasteiger partial charge in [-0.3, -0.25) is 14.5 Å². The first-order valence-corrected chi connectivity index (χ1v) is 12.3. The van der Waals surface area contributed by atoms with Crippen LogP contribution < -0.4 is 14.4 Å². The number of rotatable bonds is 6. The van der Waals surface area contributed by atoms with Gasteiger partial charge in [0.05, 0.1) is 35.5 Å². The van der Waals surface area contributed by atoms with Crippen LogP contribution >= 0.6 is 22.9 Å². The Bertz CT molecular complexity index is 1510. The van der Waals surface area contributed by atoms with Gasteiger partial charge in [-0.1, -0.05) is 47.2 Å². The van der Waals surface area contributed by atoms with Crippen molar-refractivity contribution in [3.8, 4) is 11.5 Å². The largest absolute Gasteiger partial charge is 0.507 e. The number of benzene rings is 3. The Morgan fingerprint density at radius 1 is 1.08 bits per heavy atom. The molecule has 0 spiro atoms. The van der Waals surface area contributed by atoms with Gasteiger partial charge in [0.15, 0.2) is 5.13 Å². The smallest absolute Gasteiger partial charge is 0.301 e. The Morgan fingerprint density at radius 2 is 1.86 bits per heavy atom. The van der Waals surface area contributed by atoms with Crippen molar-refractivity contribution in [1.29, 1.82) is 0 Å². The minimum absolute atomic E-state index is 0.0344. The van der Waals surface area contributed by atoms with Crippen LogP contribution in [0.2, 0.25) is 5.02 Å². The van der Waals surface area contributed by atoms with E-state index < -0.39 is 17.7 Å². The van der Waals surface area contributed by atoms with Gasteiger partial charge < -0.3 is 14.6 Å². The molecule has 1 aromatic heterocycles. The first-order valence-electron chi connectivity index (χ1n) is 11.2. The van der Waals surface area contributed by atoms with Crippen molar-refractivity contribution < 1.29 is 24.2 Å². The topological polar surface area (TPSA) is 89.0 Å². The van der Waals surface area contributed by atoms with E-state index in [0.717, 1.165) is 4.70 Å². The monoisotopic (exact) mass is 520 g/mol. The average Bonchev–Trinajstić information content (AvgIpc) is 3.42. The number of hydrogen-bond donors (Lipinski definition) is 1. The minimum Gasteiger partial charge on any atom is -0.507 e. The van der Waals surface area contributed by atoms with Gasteiger partial charge in [0, 0.05) is 10.6 Å². The maximum atomic E-state index is 13.4. The predicted octanol–water partition coefficient (Wildman–Crippen LogP) is 5.98. The van der Waals surface area contributed by atoms with E-state index in [4.69, 9.17) is 21.1 Å². The fraction of sp³-hybridized carbons (Fsp3) is 0.148. The van der Waals surface area contributed by atoms with Crippen LogP contribution in [0.25, 0.3) is 16.0 Å². The molecule has 1 fully saturated rings. The number of halogens is 1. The fourth-order valence-corrected chi connectivity index (χ4v) is 5.32. The summed E-state index contributed by atoms with van der Waals surface area (Å²) in [5.41, 5.74) is 1.61. The molecule has 0 saturated carbocycles.